The van der Waals surface area contributed by atoms with Gasteiger partial charge in [-0.25, -0.2) is 0 Å². The molecule has 1 aromatic carbocycles. The van der Waals surface area contributed by atoms with Crippen LogP contribution in [0.15, 0.2) is 46.3 Å². The van der Waals surface area contributed by atoms with E-state index in [4.69, 9.17) is 5.26 Å². The first-order valence-electron chi connectivity index (χ1n) is 5.21. The monoisotopic (exact) mass is 320 g/mol. The van der Waals surface area contributed by atoms with E-state index < -0.39 is 6.04 Å². The Morgan fingerprint density at radius 1 is 1.28 bits per heavy atom. The van der Waals surface area contributed by atoms with Crippen molar-refractivity contribution in [1.82, 2.24) is 5.32 Å². The Bertz CT molecular complexity index is 589. The van der Waals surface area contributed by atoms with Gasteiger partial charge in [0.2, 0.25) is 0 Å². The SMILES string of the molecule is N#CC(NC(=O)c1ccc(Br)s1)c1ccccc1. The van der Waals surface area contributed by atoms with Gasteiger partial charge in [-0.05, 0) is 33.6 Å². The lowest BCUT2D eigenvalue weighted by Gasteiger charge is -2.10. The Balaban J connectivity index is 2.13. The van der Waals surface area contributed by atoms with Crippen molar-refractivity contribution < 1.29 is 4.79 Å². The van der Waals surface area contributed by atoms with E-state index in [-0.39, 0.29) is 5.91 Å². The van der Waals surface area contributed by atoms with E-state index in [2.05, 4.69) is 27.3 Å². The van der Waals surface area contributed by atoms with Crippen molar-refractivity contribution >= 4 is 33.2 Å². The van der Waals surface area contributed by atoms with Crippen molar-refractivity contribution in [1.29, 1.82) is 5.26 Å². The third-order valence-electron chi connectivity index (χ3n) is 2.33. The molecule has 0 fully saturated rings. The van der Waals surface area contributed by atoms with Gasteiger partial charge in [0.25, 0.3) is 5.91 Å². The number of carbonyl (C=O) groups is 1. The molecule has 0 aliphatic carbocycles. The average Bonchev–Trinajstić information content (AvgIpc) is 2.83. The van der Waals surface area contributed by atoms with Crippen LogP contribution >= 0.6 is 27.3 Å². The van der Waals surface area contributed by atoms with Gasteiger partial charge in [0.15, 0.2) is 0 Å². The Kier molecular flexibility index (Phi) is 4.13. The van der Waals surface area contributed by atoms with E-state index in [1.807, 2.05) is 36.4 Å². The molecule has 1 atom stereocenters. The predicted molar refractivity (Wildman–Crippen MR) is 74.3 cm³/mol. The van der Waals surface area contributed by atoms with Crippen LogP contribution in [0.4, 0.5) is 0 Å². The molecule has 0 bridgehead atoms. The van der Waals surface area contributed by atoms with Crippen LogP contribution in [0.2, 0.25) is 0 Å². The molecule has 1 unspecified atom stereocenters. The molecule has 18 heavy (non-hydrogen) atoms. The van der Waals surface area contributed by atoms with E-state index in [9.17, 15) is 4.79 Å². The van der Waals surface area contributed by atoms with Gasteiger partial charge in [-0.2, -0.15) is 5.26 Å². The van der Waals surface area contributed by atoms with Crippen LogP contribution in [0.25, 0.3) is 0 Å². The minimum Gasteiger partial charge on any atom is -0.332 e. The van der Waals surface area contributed by atoms with Crippen LogP contribution in [0.3, 0.4) is 0 Å². The number of rotatable bonds is 3. The molecular weight excluding hydrogens is 312 g/mol. The highest BCUT2D eigenvalue weighted by Gasteiger charge is 2.15. The molecule has 1 heterocycles. The van der Waals surface area contributed by atoms with E-state index >= 15 is 0 Å². The molecule has 1 aromatic heterocycles. The first-order chi connectivity index (χ1) is 8.70. The maximum Gasteiger partial charge on any atom is 0.262 e. The standard InChI is InChI=1S/C13H9BrN2OS/c14-12-7-6-11(18-12)13(17)16-10(8-15)9-4-2-1-3-5-9/h1-7,10H,(H,16,17). The zero-order valence-corrected chi connectivity index (χ0v) is 11.7. The smallest absolute Gasteiger partial charge is 0.262 e. The van der Waals surface area contributed by atoms with Crippen molar-refractivity contribution in [3.8, 4) is 6.07 Å². The summed E-state index contributed by atoms with van der Waals surface area (Å²) in [6, 6.07) is 14.2. The van der Waals surface area contributed by atoms with Crippen molar-refractivity contribution in [2.75, 3.05) is 0 Å². The summed E-state index contributed by atoms with van der Waals surface area (Å²) < 4.78 is 0.890. The van der Waals surface area contributed by atoms with Gasteiger partial charge in [-0.3, -0.25) is 4.79 Å². The van der Waals surface area contributed by atoms with Crippen LogP contribution in [0, 0.1) is 11.3 Å². The van der Waals surface area contributed by atoms with Gasteiger partial charge in [-0.15, -0.1) is 11.3 Å². The summed E-state index contributed by atoms with van der Waals surface area (Å²) in [6.45, 7) is 0. The van der Waals surface area contributed by atoms with Crippen LogP contribution in [-0.4, -0.2) is 5.91 Å². The van der Waals surface area contributed by atoms with E-state index in [0.29, 0.717) is 4.88 Å². The summed E-state index contributed by atoms with van der Waals surface area (Å²) >= 11 is 4.64. The predicted octanol–water partition coefficient (Wildman–Crippen LogP) is 3.51. The van der Waals surface area contributed by atoms with Crippen molar-refractivity contribution in [3.05, 3.63) is 56.7 Å². The molecule has 1 N–H and O–H groups in total. The Labute approximate surface area is 117 Å². The summed E-state index contributed by atoms with van der Waals surface area (Å²) in [6.07, 6.45) is 0. The molecule has 5 heteroatoms. The van der Waals surface area contributed by atoms with E-state index in [0.717, 1.165) is 9.35 Å². The van der Waals surface area contributed by atoms with Crippen molar-refractivity contribution in [2.45, 2.75) is 6.04 Å². The fourth-order valence-electron chi connectivity index (χ4n) is 1.47. The third-order valence-corrected chi connectivity index (χ3v) is 3.96. The van der Waals surface area contributed by atoms with Gasteiger partial charge in [0.05, 0.1) is 14.7 Å². The molecule has 0 saturated heterocycles. The summed E-state index contributed by atoms with van der Waals surface area (Å²) in [5.74, 6) is -0.235. The van der Waals surface area contributed by atoms with Gasteiger partial charge >= 0.3 is 0 Å². The topological polar surface area (TPSA) is 52.9 Å². The van der Waals surface area contributed by atoms with Gasteiger partial charge in [0, 0.05) is 0 Å². The van der Waals surface area contributed by atoms with Gasteiger partial charge < -0.3 is 5.32 Å². The zero-order valence-electron chi connectivity index (χ0n) is 9.26. The second kappa shape index (κ2) is 5.80. The Morgan fingerprint density at radius 3 is 2.56 bits per heavy atom. The molecule has 0 saturated carbocycles. The molecule has 0 spiro atoms. The molecule has 2 aromatic rings. The molecular formula is C13H9BrN2OS. The van der Waals surface area contributed by atoms with E-state index in [1.54, 1.807) is 6.07 Å². The van der Waals surface area contributed by atoms with Crippen LogP contribution in [-0.2, 0) is 0 Å². The number of benzene rings is 1. The minimum absolute atomic E-state index is 0.235. The number of nitriles is 1. The van der Waals surface area contributed by atoms with Gasteiger partial charge in [0.1, 0.15) is 6.04 Å². The van der Waals surface area contributed by atoms with Crippen molar-refractivity contribution in [2.24, 2.45) is 0 Å². The van der Waals surface area contributed by atoms with E-state index in [1.165, 1.54) is 11.3 Å². The maximum absolute atomic E-state index is 11.9. The molecule has 1 amide bonds. The average molecular weight is 321 g/mol. The number of hydrogen-bond acceptors (Lipinski definition) is 3. The number of thiophene rings is 1. The molecule has 2 rings (SSSR count). The molecule has 3 nitrogen and oxygen atoms in total. The number of nitrogens with zero attached hydrogens (tertiary/aromatic N) is 1. The minimum atomic E-state index is -0.625. The highest BCUT2D eigenvalue weighted by molar-refractivity contribution is 9.11. The summed E-state index contributed by atoms with van der Waals surface area (Å²) in [4.78, 5) is 12.5. The van der Waals surface area contributed by atoms with Crippen molar-refractivity contribution in [3.63, 3.8) is 0 Å². The second-order valence-corrected chi connectivity index (χ2v) is 6.01. The number of hydrogen-bond donors (Lipinski definition) is 1. The largest absolute Gasteiger partial charge is 0.332 e. The summed E-state index contributed by atoms with van der Waals surface area (Å²) in [7, 11) is 0. The zero-order chi connectivity index (χ0) is 13.0. The lowest BCUT2D eigenvalue weighted by Crippen LogP contribution is -2.26. The van der Waals surface area contributed by atoms with Crippen LogP contribution in [0.1, 0.15) is 21.3 Å². The summed E-state index contributed by atoms with van der Waals surface area (Å²) in [5, 5.41) is 11.8. The molecule has 0 radical (unpaired) electrons. The Morgan fingerprint density at radius 2 is 2.00 bits per heavy atom. The fraction of sp³-hybridized carbons (Fsp3) is 0.0769. The lowest BCUT2D eigenvalue weighted by atomic mass is 10.1. The van der Waals surface area contributed by atoms with Crippen LogP contribution in [0.5, 0.6) is 0 Å². The first-order valence-corrected chi connectivity index (χ1v) is 6.82. The quantitative estimate of drug-likeness (QED) is 0.940. The maximum atomic E-state index is 11.9. The number of halogens is 1. The number of carbonyl (C=O) groups excluding carboxylic acids is 1. The number of nitrogens with one attached hydrogen (secondary N) is 1. The third kappa shape index (κ3) is 2.97. The Hall–Kier alpha value is -1.64. The second-order valence-electron chi connectivity index (χ2n) is 3.55. The highest BCUT2D eigenvalue weighted by Crippen LogP contribution is 2.22. The lowest BCUT2D eigenvalue weighted by molar-refractivity contribution is 0.0949. The molecule has 90 valence electrons. The van der Waals surface area contributed by atoms with Gasteiger partial charge in [-0.1, -0.05) is 30.3 Å². The fourth-order valence-corrected chi connectivity index (χ4v) is 2.76. The highest BCUT2D eigenvalue weighted by atomic mass is 79.9. The molecule has 0 aliphatic heterocycles. The number of amides is 1. The first kappa shape index (κ1) is 12.8. The van der Waals surface area contributed by atoms with Crippen LogP contribution < -0.4 is 5.32 Å². The molecule has 0 aliphatic rings. The normalized spacial score (nSPS) is 11.6. The summed E-state index contributed by atoms with van der Waals surface area (Å²) in [5.41, 5.74) is 0.781.